The van der Waals surface area contributed by atoms with Gasteiger partial charge >= 0.3 is 0 Å². The lowest BCUT2D eigenvalue weighted by atomic mass is 9.56. The lowest BCUT2D eigenvalue weighted by molar-refractivity contribution is -0.141. The van der Waals surface area contributed by atoms with Crippen molar-refractivity contribution in [3.05, 3.63) is 93.0 Å². The molecular weight excluding hydrogens is 718 g/mol. The number of aliphatic hydroxyl groups is 1. The van der Waals surface area contributed by atoms with Crippen LogP contribution in [0.5, 0.6) is 5.75 Å². The summed E-state index contributed by atoms with van der Waals surface area (Å²) in [5.41, 5.74) is -1.43. The molecule has 2 saturated heterocycles. The number of hydrogen-bond donors (Lipinski definition) is 1. The van der Waals surface area contributed by atoms with Crippen LogP contribution in [0, 0.1) is 46.8 Å². The lowest BCUT2D eigenvalue weighted by Gasteiger charge is -2.51. The second-order valence-corrected chi connectivity index (χ2v) is 14.4. The molecule has 0 radical (unpaired) electrons. The maximum atomic E-state index is 15.2. The summed E-state index contributed by atoms with van der Waals surface area (Å²) in [5, 5.41) is 11.2. The van der Waals surface area contributed by atoms with Crippen LogP contribution in [0.4, 0.5) is 27.6 Å². The number of alkyl halides is 2. The van der Waals surface area contributed by atoms with Crippen molar-refractivity contribution in [1.82, 2.24) is 4.90 Å². The van der Waals surface area contributed by atoms with Gasteiger partial charge in [-0.05, 0) is 36.3 Å². The molecule has 256 valence electrons. The number of carbonyl (C=O) groups excluding carboxylic acids is 4. The average Bonchev–Trinajstić information content (AvgIpc) is 3.73. The zero-order chi connectivity index (χ0) is 35.2. The van der Waals surface area contributed by atoms with Gasteiger partial charge in [-0.3, -0.25) is 24.1 Å². The number of anilines is 1. The minimum atomic E-state index is -2.68. The third-order valence-electron chi connectivity index (χ3n) is 9.79. The highest BCUT2D eigenvalue weighted by molar-refractivity contribution is 7.09. The first-order chi connectivity index (χ1) is 23.3. The number of allylic oxidation sites excluding steroid dienone is 2. The van der Waals surface area contributed by atoms with Crippen molar-refractivity contribution in [2.75, 3.05) is 18.1 Å². The van der Waals surface area contributed by atoms with Crippen molar-refractivity contribution in [1.29, 1.82) is 0 Å². The van der Waals surface area contributed by atoms with E-state index < -0.39 is 105 Å². The molecule has 2 aliphatic heterocycles. The van der Waals surface area contributed by atoms with E-state index in [4.69, 9.17) is 27.9 Å². The molecular formula is C33H23Cl2F5N2O6S. The van der Waals surface area contributed by atoms with E-state index in [2.05, 4.69) is 0 Å². The standard InChI is InChI=1S/C33H23Cl2F5N2O6S/c34-32-12-18-15(7-8-17-20(18)29(45)41(28(17)44)13-14-4-3-11-49-14)21(16-5-1-2-6-19(16)48-10-9-43)33(32,35)31(47)42(30(32)46)27-25(39)23(37)22(36)24(38)26(27)40/h1-7,11,17-18,20-21,43H,8-10,12-13H2/t17-,18+,20-,21+,32+,33-/m0/s1. The third-order valence-corrected chi connectivity index (χ3v) is 12.1. The van der Waals surface area contributed by atoms with E-state index in [0.29, 0.717) is 5.57 Å². The topological polar surface area (TPSA) is 104 Å². The summed E-state index contributed by atoms with van der Waals surface area (Å²) in [6, 6.07) is 9.54. The quantitative estimate of drug-likeness (QED) is 0.0848. The number of aliphatic hydroxyl groups excluding tert-OH is 1. The van der Waals surface area contributed by atoms with Gasteiger partial charge in [0.25, 0.3) is 11.8 Å². The Morgan fingerprint density at radius 3 is 2.20 bits per heavy atom. The van der Waals surface area contributed by atoms with Crippen molar-refractivity contribution in [3.63, 3.8) is 0 Å². The van der Waals surface area contributed by atoms with Gasteiger partial charge in [0.2, 0.25) is 17.6 Å². The number of thiophene rings is 1. The van der Waals surface area contributed by atoms with Crippen molar-refractivity contribution in [3.8, 4) is 5.75 Å². The highest BCUT2D eigenvalue weighted by atomic mass is 35.5. The van der Waals surface area contributed by atoms with Crippen LogP contribution in [0.15, 0.2) is 53.4 Å². The van der Waals surface area contributed by atoms with Crippen LogP contribution in [0.2, 0.25) is 0 Å². The molecule has 3 aromatic rings. The molecule has 0 spiro atoms. The monoisotopic (exact) mass is 740 g/mol. The predicted octanol–water partition coefficient (Wildman–Crippen LogP) is 5.58. The largest absolute Gasteiger partial charge is 0.491 e. The van der Waals surface area contributed by atoms with Crippen molar-refractivity contribution in [2.45, 2.75) is 35.1 Å². The van der Waals surface area contributed by atoms with Gasteiger partial charge in [0.15, 0.2) is 33.0 Å². The van der Waals surface area contributed by atoms with Crippen molar-refractivity contribution in [2.24, 2.45) is 17.8 Å². The normalized spacial score (nSPS) is 29.3. The van der Waals surface area contributed by atoms with E-state index in [1.54, 1.807) is 29.7 Å². The van der Waals surface area contributed by atoms with Gasteiger partial charge in [-0.2, -0.15) is 0 Å². The summed E-state index contributed by atoms with van der Waals surface area (Å²) in [4.78, 5) is 52.7. The second kappa shape index (κ2) is 11.9. The third kappa shape index (κ3) is 4.56. The molecule has 1 aromatic heterocycles. The van der Waals surface area contributed by atoms with Crippen LogP contribution in [0.3, 0.4) is 0 Å². The molecule has 0 unspecified atom stereocenters. The second-order valence-electron chi connectivity index (χ2n) is 12.1. The van der Waals surface area contributed by atoms with Crippen molar-refractivity contribution >= 4 is 63.9 Å². The maximum absolute atomic E-state index is 15.2. The molecule has 0 bridgehead atoms. The molecule has 3 heterocycles. The van der Waals surface area contributed by atoms with E-state index in [9.17, 15) is 37.5 Å². The summed E-state index contributed by atoms with van der Waals surface area (Å²) in [6.07, 6.45) is 1.02. The number of imide groups is 2. The number of benzene rings is 2. The minimum Gasteiger partial charge on any atom is -0.491 e. The molecule has 2 aliphatic carbocycles. The van der Waals surface area contributed by atoms with E-state index >= 15 is 8.78 Å². The molecule has 2 aromatic carbocycles. The molecule has 4 aliphatic rings. The zero-order valence-corrected chi connectivity index (χ0v) is 27.2. The van der Waals surface area contributed by atoms with Crippen LogP contribution in [-0.4, -0.2) is 56.6 Å². The smallest absolute Gasteiger partial charge is 0.258 e. The molecule has 49 heavy (non-hydrogen) atoms. The molecule has 3 fully saturated rings. The van der Waals surface area contributed by atoms with Crippen molar-refractivity contribution < 1.29 is 51.0 Å². The van der Waals surface area contributed by atoms with Crippen LogP contribution in [-0.2, 0) is 25.7 Å². The number of carbonyl (C=O) groups is 4. The number of halogens is 7. The van der Waals surface area contributed by atoms with Gasteiger partial charge in [0, 0.05) is 16.4 Å². The van der Waals surface area contributed by atoms with Gasteiger partial charge in [-0.15, -0.1) is 34.5 Å². The molecule has 7 rings (SSSR count). The van der Waals surface area contributed by atoms with Crippen LogP contribution >= 0.6 is 34.5 Å². The SMILES string of the molecule is O=C1[C@H]2[C@H](CC=C3[C@H]2C[C@@]2(Cl)C(=O)N(c4c(F)c(F)c(F)c(F)c4F)C(=O)[C@@]2(Cl)[C@H]3c2ccccc2OCCO)C(=O)N1Cc1cccs1. The molecule has 8 nitrogen and oxygen atoms in total. The van der Waals surface area contributed by atoms with Gasteiger partial charge in [-0.1, -0.05) is 35.9 Å². The lowest BCUT2D eigenvalue weighted by Crippen LogP contribution is -2.60. The highest BCUT2D eigenvalue weighted by Crippen LogP contribution is 2.66. The Morgan fingerprint density at radius 2 is 1.55 bits per heavy atom. The minimum absolute atomic E-state index is 0.0114. The van der Waals surface area contributed by atoms with Gasteiger partial charge in [0.1, 0.15) is 18.0 Å². The summed E-state index contributed by atoms with van der Waals surface area (Å²) >= 11 is 15.7. The highest BCUT2D eigenvalue weighted by Gasteiger charge is 2.77. The first kappa shape index (κ1) is 33.6. The summed E-state index contributed by atoms with van der Waals surface area (Å²) in [7, 11) is 0. The fourth-order valence-electron chi connectivity index (χ4n) is 7.70. The van der Waals surface area contributed by atoms with Gasteiger partial charge in [-0.25, -0.2) is 26.9 Å². The first-order valence-corrected chi connectivity index (χ1v) is 16.6. The van der Waals surface area contributed by atoms with Gasteiger partial charge < -0.3 is 9.84 Å². The van der Waals surface area contributed by atoms with E-state index in [1.807, 2.05) is 0 Å². The summed E-state index contributed by atoms with van der Waals surface area (Å²) in [5.74, 6) is -20.9. The van der Waals surface area contributed by atoms with Gasteiger partial charge in [0.05, 0.1) is 25.0 Å². The number of fused-ring (bicyclic) bond motifs is 4. The summed E-state index contributed by atoms with van der Waals surface area (Å²) < 4.78 is 79.1. The number of nitrogens with zero attached hydrogens (tertiary/aromatic N) is 2. The number of rotatable bonds is 7. The molecule has 16 heteroatoms. The Labute approximate surface area is 288 Å². The maximum Gasteiger partial charge on any atom is 0.258 e. The Kier molecular flexibility index (Phi) is 8.16. The first-order valence-electron chi connectivity index (χ1n) is 15.0. The number of hydrogen-bond acceptors (Lipinski definition) is 7. The Morgan fingerprint density at radius 1 is 0.878 bits per heavy atom. The Balaban J connectivity index is 1.42. The molecule has 4 amide bonds. The number of likely N-dealkylation sites (tertiary alicyclic amines) is 1. The van der Waals surface area contributed by atoms with Crippen LogP contribution < -0.4 is 9.64 Å². The van der Waals surface area contributed by atoms with E-state index in [1.165, 1.54) is 29.5 Å². The predicted molar refractivity (Wildman–Crippen MR) is 165 cm³/mol. The molecule has 6 atom stereocenters. The zero-order valence-electron chi connectivity index (χ0n) is 24.9. The van der Waals surface area contributed by atoms with Crippen LogP contribution in [0.25, 0.3) is 0 Å². The Bertz CT molecular complexity index is 1950. The molecule has 1 N–H and O–H groups in total. The average molecular weight is 742 g/mol. The summed E-state index contributed by atoms with van der Waals surface area (Å²) in [6.45, 7) is -0.670. The number of ether oxygens (including phenoxy) is 1. The molecule has 1 saturated carbocycles. The van der Waals surface area contributed by atoms with Crippen LogP contribution in [0.1, 0.15) is 29.2 Å². The fraction of sp³-hybridized carbons (Fsp3) is 0.333. The van der Waals surface area contributed by atoms with E-state index in [0.717, 1.165) is 9.78 Å². The number of para-hydroxylation sites is 1. The Hall–Kier alpha value is -3.85. The fourth-order valence-corrected chi connectivity index (χ4v) is 9.32. The van der Waals surface area contributed by atoms with E-state index in [-0.39, 0.29) is 35.8 Å². The number of amides is 4.